The van der Waals surface area contributed by atoms with Crippen LogP contribution in [0.15, 0.2) is 101 Å². The highest BCUT2D eigenvalue weighted by atomic mass is 19.1. The molecule has 0 aliphatic carbocycles. The van der Waals surface area contributed by atoms with E-state index >= 15 is 4.39 Å². The normalized spacial score (nSPS) is 18.6. The van der Waals surface area contributed by atoms with E-state index in [9.17, 15) is 4.79 Å². The topological polar surface area (TPSA) is 44.7 Å². The monoisotopic (exact) mass is 397 g/mol. The molecule has 0 fully saturated rings. The van der Waals surface area contributed by atoms with Crippen LogP contribution in [-0.2, 0) is 4.79 Å². The molecule has 0 saturated heterocycles. The Balaban J connectivity index is 1.76. The molecule has 1 amide bonds. The largest absolute Gasteiger partial charge is 0.378 e. The van der Waals surface area contributed by atoms with Gasteiger partial charge in [0.2, 0.25) is 0 Å². The summed E-state index contributed by atoms with van der Waals surface area (Å²) < 4.78 is 15.0. The number of nitrogens with zero attached hydrogens (tertiary/aromatic N) is 2. The Hall–Kier alpha value is -3.73. The third kappa shape index (κ3) is 2.99. The fourth-order valence-corrected chi connectivity index (χ4v) is 4.16. The van der Waals surface area contributed by atoms with Gasteiger partial charge < -0.3 is 5.32 Å². The van der Waals surface area contributed by atoms with Crippen molar-refractivity contribution in [2.75, 3.05) is 18.0 Å². The molecule has 0 spiro atoms. The second kappa shape index (κ2) is 7.59. The van der Waals surface area contributed by atoms with Crippen molar-refractivity contribution in [3.63, 3.8) is 0 Å². The van der Waals surface area contributed by atoms with Gasteiger partial charge in [-0.15, -0.1) is 0 Å². The fraction of sp³-hybridized carbons (Fsp3) is 0.120. The molecule has 0 unspecified atom stereocenters. The summed E-state index contributed by atoms with van der Waals surface area (Å²) in [5, 5.41) is 3.26. The van der Waals surface area contributed by atoms with Crippen LogP contribution < -0.4 is 10.2 Å². The van der Waals surface area contributed by atoms with Gasteiger partial charge in [0.15, 0.2) is 0 Å². The Morgan fingerprint density at radius 3 is 2.30 bits per heavy atom. The Bertz CT molecular complexity index is 1160. The number of carbonyl (C=O) groups is 1. The van der Waals surface area contributed by atoms with Crippen LogP contribution in [0.1, 0.15) is 17.2 Å². The molecule has 1 atom stereocenters. The van der Waals surface area contributed by atoms with Crippen molar-refractivity contribution in [1.29, 1.82) is 0 Å². The average molecular weight is 397 g/mol. The molecular weight excluding hydrogens is 377 g/mol. The lowest BCUT2D eigenvalue weighted by Gasteiger charge is -2.28. The summed E-state index contributed by atoms with van der Waals surface area (Å²) in [6, 6.07) is 25.2. The van der Waals surface area contributed by atoms with Crippen LogP contribution in [0, 0.1) is 5.82 Å². The van der Waals surface area contributed by atoms with Gasteiger partial charge in [0, 0.05) is 28.9 Å². The molecule has 2 aliphatic rings. The van der Waals surface area contributed by atoms with Crippen molar-refractivity contribution in [3.8, 4) is 0 Å². The lowest BCUT2D eigenvalue weighted by molar-refractivity contribution is -0.115. The molecule has 0 radical (unpaired) electrons. The first-order valence-corrected chi connectivity index (χ1v) is 9.97. The van der Waals surface area contributed by atoms with Gasteiger partial charge in [-0.05, 0) is 18.2 Å². The maximum atomic E-state index is 15.0. The highest BCUT2D eigenvalue weighted by Gasteiger charge is 2.44. The van der Waals surface area contributed by atoms with E-state index in [1.54, 1.807) is 23.1 Å². The first-order chi connectivity index (χ1) is 14.8. The van der Waals surface area contributed by atoms with Crippen LogP contribution in [0.2, 0.25) is 0 Å². The van der Waals surface area contributed by atoms with Crippen molar-refractivity contribution in [2.45, 2.75) is 6.04 Å². The van der Waals surface area contributed by atoms with Crippen LogP contribution in [-0.4, -0.2) is 24.7 Å². The number of amides is 1. The standard InChI is InChI=1S/C25H20FN3O/c26-20-14-8-7-13-19(20)24-21-22(17-9-3-1-4-10-17)27-15-16-28-23(21)25(30)29(24)18-11-5-2-6-12-18/h1-14,24,28H,15-16H2/t24-/m1/s1. The van der Waals surface area contributed by atoms with Crippen molar-refractivity contribution in [1.82, 2.24) is 5.32 Å². The van der Waals surface area contributed by atoms with Crippen LogP contribution in [0.4, 0.5) is 10.1 Å². The smallest absolute Gasteiger partial charge is 0.275 e. The van der Waals surface area contributed by atoms with Crippen molar-refractivity contribution < 1.29 is 9.18 Å². The Labute approximate surface area is 174 Å². The molecule has 5 heteroatoms. The summed E-state index contributed by atoms with van der Waals surface area (Å²) in [6.45, 7) is 1.09. The first-order valence-electron chi connectivity index (χ1n) is 9.97. The molecule has 0 saturated carbocycles. The van der Waals surface area contributed by atoms with Crippen molar-refractivity contribution >= 4 is 17.3 Å². The van der Waals surface area contributed by atoms with Gasteiger partial charge in [-0.1, -0.05) is 66.7 Å². The van der Waals surface area contributed by atoms with E-state index in [4.69, 9.17) is 4.99 Å². The quantitative estimate of drug-likeness (QED) is 0.718. The van der Waals surface area contributed by atoms with E-state index in [0.717, 1.165) is 22.5 Å². The lowest BCUT2D eigenvalue weighted by atomic mass is 9.91. The van der Waals surface area contributed by atoms with Gasteiger partial charge >= 0.3 is 0 Å². The highest BCUT2D eigenvalue weighted by Crippen LogP contribution is 2.43. The summed E-state index contributed by atoms with van der Waals surface area (Å²) in [4.78, 5) is 20.1. The van der Waals surface area contributed by atoms with Crippen molar-refractivity contribution in [3.05, 3.63) is 113 Å². The van der Waals surface area contributed by atoms with Crippen LogP contribution in [0.25, 0.3) is 0 Å². The Morgan fingerprint density at radius 2 is 1.57 bits per heavy atom. The van der Waals surface area contributed by atoms with E-state index in [2.05, 4.69) is 5.32 Å². The van der Waals surface area contributed by atoms with Gasteiger partial charge in [0.05, 0.1) is 18.3 Å². The number of hydrogen-bond donors (Lipinski definition) is 1. The lowest BCUT2D eigenvalue weighted by Crippen LogP contribution is -2.34. The highest BCUT2D eigenvalue weighted by molar-refractivity contribution is 6.23. The molecule has 0 aromatic heterocycles. The van der Waals surface area contributed by atoms with E-state index in [-0.39, 0.29) is 11.7 Å². The summed E-state index contributed by atoms with van der Waals surface area (Å²) in [6.07, 6.45) is 0. The summed E-state index contributed by atoms with van der Waals surface area (Å²) in [7, 11) is 0. The molecule has 0 bridgehead atoms. The Morgan fingerprint density at radius 1 is 0.900 bits per heavy atom. The zero-order chi connectivity index (χ0) is 20.5. The van der Waals surface area contributed by atoms with Gasteiger partial charge in [-0.2, -0.15) is 0 Å². The Kier molecular flexibility index (Phi) is 4.64. The number of hydrogen-bond acceptors (Lipinski definition) is 3. The minimum atomic E-state index is -0.611. The zero-order valence-corrected chi connectivity index (χ0v) is 16.3. The molecule has 2 aliphatic heterocycles. The number of rotatable bonds is 3. The van der Waals surface area contributed by atoms with Gasteiger partial charge in [0.25, 0.3) is 5.91 Å². The number of aliphatic imine (C=N–C) groups is 1. The number of para-hydroxylation sites is 1. The number of halogens is 1. The van der Waals surface area contributed by atoms with E-state index in [1.165, 1.54) is 6.07 Å². The number of nitrogens with one attached hydrogen (secondary N) is 1. The molecule has 30 heavy (non-hydrogen) atoms. The summed E-state index contributed by atoms with van der Waals surface area (Å²) in [5.74, 6) is -0.517. The van der Waals surface area contributed by atoms with E-state index in [0.29, 0.717) is 24.4 Å². The van der Waals surface area contributed by atoms with Crippen LogP contribution in [0.5, 0.6) is 0 Å². The predicted octanol–water partition coefficient (Wildman–Crippen LogP) is 4.26. The third-order valence-corrected chi connectivity index (χ3v) is 5.45. The molecule has 5 rings (SSSR count). The minimum Gasteiger partial charge on any atom is -0.378 e. The summed E-state index contributed by atoms with van der Waals surface area (Å²) in [5.41, 5.74) is 4.03. The van der Waals surface area contributed by atoms with Gasteiger partial charge in [-0.25, -0.2) is 4.39 Å². The maximum Gasteiger partial charge on any atom is 0.275 e. The molecule has 2 heterocycles. The second-order valence-electron chi connectivity index (χ2n) is 7.25. The van der Waals surface area contributed by atoms with Gasteiger partial charge in [-0.3, -0.25) is 14.7 Å². The average Bonchev–Trinajstić information content (AvgIpc) is 2.93. The minimum absolute atomic E-state index is 0.171. The summed E-state index contributed by atoms with van der Waals surface area (Å²) >= 11 is 0. The molecule has 4 nitrogen and oxygen atoms in total. The molecule has 1 N–H and O–H groups in total. The number of carbonyl (C=O) groups excluding carboxylic acids is 1. The predicted molar refractivity (Wildman–Crippen MR) is 116 cm³/mol. The van der Waals surface area contributed by atoms with E-state index < -0.39 is 6.04 Å². The molecular formula is C25H20FN3O. The zero-order valence-electron chi connectivity index (χ0n) is 16.3. The fourth-order valence-electron chi connectivity index (χ4n) is 4.16. The third-order valence-electron chi connectivity index (χ3n) is 5.45. The maximum absolute atomic E-state index is 15.0. The molecule has 3 aromatic carbocycles. The van der Waals surface area contributed by atoms with Crippen LogP contribution >= 0.6 is 0 Å². The molecule has 3 aromatic rings. The first kappa shape index (κ1) is 18.3. The molecule has 148 valence electrons. The van der Waals surface area contributed by atoms with Crippen molar-refractivity contribution in [2.24, 2.45) is 4.99 Å². The van der Waals surface area contributed by atoms with Gasteiger partial charge in [0.1, 0.15) is 11.5 Å². The number of anilines is 1. The number of benzene rings is 3. The van der Waals surface area contributed by atoms with Crippen LogP contribution in [0.3, 0.4) is 0 Å². The van der Waals surface area contributed by atoms with E-state index in [1.807, 2.05) is 60.7 Å². The second-order valence-corrected chi connectivity index (χ2v) is 7.25. The SMILES string of the molecule is O=C1C2=C(C(c3ccccc3)=NCCN2)[C@@H](c2ccccc2F)N1c1ccccc1.